The highest BCUT2D eigenvalue weighted by atomic mass is 79.9. The minimum absolute atomic E-state index is 0.136. The first-order chi connectivity index (χ1) is 11.6. The molecule has 1 heterocycles. The van der Waals surface area contributed by atoms with Crippen molar-refractivity contribution in [2.24, 2.45) is 0 Å². The molecule has 3 rings (SSSR count). The van der Waals surface area contributed by atoms with E-state index in [-0.39, 0.29) is 12.1 Å². The van der Waals surface area contributed by atoms with Crippen LogP contribution in [0, 0.1) is 0 Å². The fourth-order valence-corrected chi connectivity index (χ4v) is 2.94. The summed E-state index contributed by atoms with van der Waals surface area (Å²) in [5.41, 5.74) is 2.00. The number of urea groups is 1. The van der Waals surface area contributed by atoms with Gasteiger partial charge in [-0.3, -0.25) is 0 Å². The molecule has 2 aromatic rings. The molecular weight excluding hydrogens is 372 g/mol. The van der Waals surface area contributed by atoms with Crippen LogP contribution in [0.5, 0.6) is 11.5 Å². The molecule has 6 heteroatoms. The fourth-order valence-electron chi connectivity index (χ4n) is 2.49. The third kappa shape index (κ3) is 4.20. The van der Waals surface area contributed by atoms with Gasteiger partial charge in [0.15, 0.2) is 11.5 Å². The van der Waals surface area contributed by atoms with E-state index in [0.717, 1.165) is 27.1 Å². The Hall–Kier alpha value is -2.21. The number of carbonyl (C=O) groups is 1. The highest BCUT2D eigenvalue weighted by Gasteiger charge is 2.15. The first-order valence-electron chi connectivity index (χ1n) is 7.80. The van der Waals surface area contributed by atoms with Crippen LogP contribution < -0.4 is 20.1 Å². The fraction of sp³-hybridized carbons (Fsp3) is 0.278. The lowest BCUT2D eigenvalue weighted by Gasteiger charge is -2.21. The number of carbonyl (C=O) groups excluding carboxylic acids is 1. The molecule has 0 fully saturated rings. The molecule has 0 saturated heterocycles. The summed E-state index contributed by atoms with van der Waals surface area (Å²) in [6.07, 6.45) is 0. The Balaban J connectivity index is 1.56. The lowest BCUT2D eigenvalue weighted by atomic mass is 10.1. The van der Waals surface area contributed by atoms with Gasteiger partial charge < -0.3 is 20.1 Å². The third-order valence-electron chi connectivity index (χ3n) is 3.76. The van der Waals surface area contributed by atoms with E-state index in [0.29, 0.717) is 19.8 Å². The second-order valence-electron chi connectivity index (χ2n) is 5.58. The largest absolute Gasteiger partial charge is 0.486 e. The number of halogens is 1. The molecule has 0 bridgehead atoms. The van der Waals surface area contributed by atoms with Crippen LogP contribution in [0.1, 0.15) is 24.1 Å². The molecule has 2 aromatic carbocycles. The molecule has 0 aromatic heterocycles. The van der Waals surface area contributed by atoms with Gasteiger partial charge in [0.05, 0.1) is 6.04 Å². The zero-order valence-electron chi connectivity index (χ0n) is 13.3. The zero-order chi connectivity index (χ0) is 16.9. The van der Waals surface area contributed by atoms with E-state index in [2.05, 4.69) is 26.6 Å². The van der Waals surface area contributed by atoms with Crippen LogP contribution in [0.4, 0.5) is 4.79 Å². The molecule has 2 amide bonds. The summed E-state index contributed by atoms with van der Waals surface area (Å²) in [5.74, 6) is 1.47. The van der Waals surface area contributed by atoms with Crippen molar-refractivity contribution < 1.29 is 14.3 Å². The maximum atomic E-state index is 12.1. The van der Waals surface area contributed by atoms with Gasteiger partial charge in [0.25, 0.3) is 0 Å². The number of ether oxygens (including phenoxy) is 2. The third-order valence-corrected chi connectivity index (χ3v) is 4.25. The van der Waals surface area contributed by atoms with Gasteiger partial charge in [0, 0.05) is 11.0 Å². The van der Waals surface area contributed by atoms with E-state index in [1.807, 2.05) is 49.4 Å². The number of hydrogen-bond acceptors (Lipinski definition) is 3. The van der Waals surface area contributed by atoms with Gasteiger partial charge in [-0.1, -0.05) is 34.1 Å². The van der Waals surface area contributed by atoms with Crippen LogP contribution >= 0.6 is 15.9 Å². The summed E-state index contributed by atoms with van der Waals surface area (Å²) in [7, 11) is 0. The van der Waals surface area contributed by atoms with Crippen LogP contribution in [-0.2, 0) is 6.54 Å². The van der Waals surface area contributed by atoms with E-state index in [9.17, 15) is 4.79 Å². The Morgan fingerprint density at radius 1 is 1.17 bits per heavy atom. The molecule has 1 aliphatic heterocycles. The second kappa shape index (κ2) is 7.57. The van der Waals surface area contributed by atoms with Gasteiger partial charge in [-0.05, 0) is 42.3 Å². The standard InChI is InChI=1S/C18H19BrN2O3/c1-12(14-5-6-16-17(10-14)24-8-7-23-16)21-18(22)20-11-13-3-2-4-15(19)9-13/h2-6,9-10,12H,7-8,11H2,1H3,(H2,20,21,22). The second-order valence-corrected chi connectivity index (χ2v) is 6.50. The van der Waals surface area contributed by atoms with E-state index >= 15 is 0 Å². The van der Waals surface area contributed by atoms with Gasteiger partial charge in [-0.25, -0.2) is 4.79 Å². The van der Waals surface area contributed by atoms with Crippen molar-refractivity contribution in [1.82, 2.24) is 10.6 Å². The first kappa shape index (κ1) is 16.6. The molecule has 126 valence electrons. The number of benzene rings is 2. The molecule has 1 unspecified atom stereocenters. The lowest BCUT2D eigenvalue weighted by Crippen LogP contribution is -2.36. The van der Waals surface area contributed by atoms with Crippen molar-refractivity contribution in [3.63, 3.8) is 0 Å². The summed E-state index contributed by atoms with van der Waals surface area (Å²) < 4.78 is 12.1. The van der Waals surface area contributed by atoms with Crippen molar-refractivity contribution >= 4 is 22.0 Å². The van der Waals surface area contributed by atoms with Crippen molar-refractivity contribution in [3.05, 3.63) is 58.1 Å². The van der Waals surface area contributed by atoms with Crippen LogP contribution in [0.3, 0.4) is 0 Å². The van der Waals surface area contributed by atoms with E-state index < -0.39 is 0 Å². The van der Waals surface area contributed by atoms with Crippen molar-refractivity contribution in [2.45, 2.75) is 19.5 Å². The Kier molecular flexibility index (Phi) is 5.25. The zero-order valence-corrected chi connectivity index (χ0v) is 14.9. The topological polar surface area (TPSA) is 59.6 Å². The number of rotatable bonds is 4. The van der Waals surface area contributed by atoms with E-state index in [1.165, 1.54) is 0 Å². The number of amides is 2. The average molecular weight is 391 g/mol. The molecule has 0 radical (unpaired) electrons. The molecule has 2 N–H and O–H groups in total. The van der Waals surface area contributed by atoms with Crippen LogP contribution in [-0.4, -0.2) is 19.2 Å². The maximum Gasteiger partial charge on any atom is 0.315 e. The Morgan fingerprint density at radius 2 is 1.96 bits per heavy atom. The lowest BCUT2D eigenvalue weighted by molar-refractivity contribution is 0.171. The van der Waals surface area contributed by atoms with Crippen molar-refractivity contribution in [3.8, 4) is 11.5 Å². The molecule has 24 heavy (non-hydrogen) atoms. The number of hydrogen-bond donors (Lipinski definition) is 2. The maximum absolute atomic E-state index is 12.1. The monoisotopic (exact) mass is 390 g/mol. The molecule has 0 aliphatic carbocycles. The quantitative estimate of drug-likeness (QED) is 0.834. The minimum atomic E-state index is -0.211. The first-order valence-corrected chi connectivity index (χ1v) is 8.59. The summed E-state index contributed by atoms with van der Waals surface area (Å²) in [6, 6.07) is 13.2. The van der Waals surface area contributed by atoms with Crippen molar-refractivity contribution in [1.29, 1.82) is 0 Å². The Bertz CT molecular complexity index is 736. The van der Waals surface area contributed by atoms with Crippen LogP contribution in [0.15, 0.2) is 46.9 Å². The molecule has 0 saturated carbocycles. The van der Waals surface area contributed by atoms with Gasteiger partial charge in [0.2, 0.25) is 0 Å². The van der Waals surface area contributed by atoms with E-state index in [4.69, 9.17) is 9.47 Å². The summed E-state index contributed by atoms with van der Waals surface area (Å²) in [4.78, 5) is 12.1. The molecule has 1 atom stereocenters. The number of fused-ring (bicyclic) bond motifs is 1. The summed E-state index contributed by atoms with van der Waals surface area (Å²) in [5, 5.41) is 5.79. The van der Waals surface area contributed by atoms with E-state index in [1.54, 1.807) is 0 Å². The molecule has 0 spiro atoms. The van der Waals surface area contributed by atoms with Gasteiger partial charge in [0.1, 0.15) is 13.2 Å². The molecule has 5 nitrogen and oxygen atoms in total. The van der Waals surface area contributed by atoms with Crippen LogP contribution in [0.25, 0.3) is 0 Å². The highest BCUT2D eigenvalue weighted by Crippen LogP contribution is 2.32. The normalized spacial score (nSPS) is 13.9. The predicted molar refractivity (Wildman–Crippen MR) is 95.4 cm³/mol. The summed E-state index contributed by atoms with van der Waals surface area (Å²) in [6.45, 7) is 3.52. The van der Waals surface area contributed by atoms with Gasteiger partial charge in [-0.2, -0.15) is 0 Å². The SMILES string of the molecule is CC(NC(=O)NCc1cccc(Br)c1)c1ccc2c(c1)OCCO2. The molecule has 1 aliphatic rings. The smallest absolute Gasteiger partial charge is 0.315 e. The molecular formula is C18H19BrN2O3. The van der Waals surface area contributed by atoms with Crippen molar-refractivity contribution in [2.75, 3.05) is 13.2 Å². The Labute approximate surface area is 149 Å². The van der Waals surface area contributed by atoms with Crippen LogP contribution in [0.2, 0.25) is 0 Å². The van der Waals surface area contributed by atoms with Gasteiger partial charge >= 0.3 is 6.03 Å². The number of nitrogens with one attached hydrogen (secondary N) is 2. The van der Waals surface area contributed by atoms with Gasteiger partial charge in [-0.15, -0.1) is 0 Å². The average Bonchev–Trinajstić information content (AvgIpc) is 2.59. The summed E-state index contributed by atoms with van der Waals surface area (Å²) >= 11 is 3.42. The Morgan fingerprint density at radius 3 is 2.75 bits per heavy atom. The highest BCUT2D eigenvalue weighted by molar-refractivity contribution is 9.10. The minimum Gasteiger partial charge on any atom is -0.486 e. The predicted octanol–water partition coefficient (Wildman–Crippen LogP) is 3.78.